The Bertz CT molecular complexity index is 1220. The van der Waals surface area contributed by atoms with Crippen molar-refractivity contribution in [2.45, 2.75) is 51.9 Å². The molecule has 0 saturated carbocycles. The molecule has 5 aromatic carbocycles. The third kappa shape index (κ3) is 6.82. The molecule has 0 N–H and O–H groups in total. The number of hydrogen-bond acceptors (Lipinski definition) is 0. The van der Waals surface area contributed by atoms with E-state index in [0.717, 1.165) is 0 Å². The van der Waals surface area contributed by atoms with Crippen LogP contribution in [-0.2, 0) is 25.8 Å². The second kappa shape index (κ2) is 12.3. The first-order valence-corrected chi connectivity index (χ1v) is 12.5. The van der Waals surface area contributed by atoms with Crippen LogP contribution < -0.4 is 30.1 Å². The van der Waals surface area contributed by atoms with E-state index in [1.54, 1.807) is 5.30 Å². The summed E-state index contributed by atoms with van der Waals surface area (Å²) >= 11 is 0. The Kier molecular flexibility index (Phi) is 11.2. The van der Waals surface area contributed by atoms with Crippen molar-refractivity contribution >= 4 is 45.5 Å². The first kappa shape index (κ1) is 31.1. The van der Waals surface area contributed by atoms with Crippen LogP contribution in [0.5, 0.6) is 0 Å². The normalized spacial score (nSPS) is 11.4. The van der Waals surface area contributed by atoms with Gasteiger partial charge in [0.2, 0.25) is 0 Å². The van der Waals surface area contributed by atoms with Gasteiger partial charge in [-0.15, -0.1) is 80.1 Å². The van der Waals surface area contributed by atoms with Gasteiger partial charge in [0, 0.05) is 0 Å². The van der Waals surface area contributed by atoms with Gasteiger partial charge in [0.15, 0.2) is 0 Å². The van der Waals surface area contributed by atoms with Crippen LogP contribution in [0.4, 0.5) is 0 Å². The number of benzene rings is 3. The van der Waals surface area contributed by atoms with Crippen molar-refractivity contribution < 1.29 is 50.7 Å². The van der Waals surface area contributed by atoms with Gasteiger partial charge in [-0.2, -0.15) is 6.07 Å². The molecule has 0 atom stereocenters. The van der Waals surface area contributed by atoms with Crippen molar-refractivity contribution in [1.82, 2.24) is 0 Å². The van der Waals surface area contributed by atoms with Gasteiger partial charge in [0.25, 0.3) is 0 Å². The fourth-order valence-corrected chi connectivity index (χ4v) is 9.05. The SMILES string of the molecule is CC(C)(C)P(c1cc2ccccc2[cH-]1)C(C)(C)C.[Cl-].[Cl-].[Hf+4].c1ccc2c(c1)[cH-]c1ccccc12. The first-order valence-electron chi connectivity index (χ1n) is 11.1. The zero-order valence-electron chi connectivity index (χ0n) is 20.9. The molecule has 5 rings (SSSR count). The van der Waals surface area contributed by atoms with E-state index in [4.69, 9.17) is 0 Å². The van der Waals surface area contributed by atoms with Crippen molar-refractivity contribution in [2.24, 2.45) is 0 Å². The van der Waals surface area contributed by atoms with E-state index in [1.807, 2.05) is 0 Å². The summed E-state index contributed by atoms with van der Waals surface area (Å²) in [6, 6.07) is 32.8. The molecule has 0 fully saturated rings. The predicted molar refractivity (Wildman–Crippen MR) is 143 cm³/mol. The monoisotopic (exact) mass is 674 g/mol. The number of hydrogen-bond donors (Lipinski definition) is 0. The quantitative estimate of drug-likeness (QED) is 0.146. The van der Waals surface area contributed by atoms with E-state index in [9.17, 15) is 0 Å². The number of rotatable bonds is 1. The Balaban J connectivity index is 0.000000323. The smallest absolute Gasteiger partial charge is 1.00 e. The maximum Gasteiger partial charge on any atom is 4.00 e. The van der Waals surface area contributed by atoms with Crippen LogP contribution in [0.25, 0.3) is 32.3 Å². The second-order valence-electron chi connectivity index (χ2n) is 10.3. The van der Waals surface area contributed by atoms with Gasteiger partial charge in [-0.25, -0.2) is 0 Å². The summed E-state index contributed by atoms with van der Waals surface area (Å²) in [5, 5.41) is 10.4. The minimum absolute atomic E-state index is 0. The molecule has 0 nitrogen and oxygen atoms in total. The first-order chi connectivity index (χ1) is 14.6. The number of fused-ring (bicyclic) bond motifs is 4. The molecule has 0 aliphatic heterocycles. The molecule has 176 valence electrons. The zero-order valence-corrected chi connectivity index (χ0v) is 26.9. The Morgan fingerprint density at radius 2 is 0.971 bits per heavy atom. The molecule has 5 aromatic rings. The van der Waals surface area contributed by atoms with Crippen LogP contribution in [0.1, 0.15) is 41.5 Å². The summed E-state index contributed by atoms with van der Waals surface area (Å²) in [4.78, 5) is 0. The van der Waals surface area contributed by atoms with Crippen LogP contribution >= 0.6 is 7.92 Å². The van der Waals surface area contributed by atoms with Gasteiger partial charge >= 0.3 is 25.8 Å². The fourth-order valence-electron chi connectivity index (χ4n) is 4.95. The molecule has 0 amide bonds. The molecule has 0 aliphatic carbocycles. The molecular formula is C30H33Cl2HfP. The zero-order chi connectivity index (χ0) is 22.2. The molecular weight excluding hydrogens is 641 g/mol. The van der Waals surface area contributed by atoms with Gasteiger partial charge < -0.3 is 24.8 Å². The summed E-state index contributed by atoms with van der Waals surface area (Å²) in [6.07, 6.45) is 0. The Morgan fingerprint density at radius 3 is 1.41 bits per heavy atom. The minimum atomic E-state index is -0.185. The van der Waals surface area contributed by atoms with Crippen molar-refractivity contribution in [3.05, 3.63) is 91.0 Å². The van der Waals surface area contributed by atoms with Crippen LogP contribution in [0.15, 0.2) is 91.0 Å². The average Bonchev–Trinajstić information content (AvgIpc) is 3.27. The standard InChI is InChI=1S/C17H24P.C13H9.2ClH.Hf/c1-16(2,3)18(17(4,5)6)15-11-13-9-7-8-10-14(13)12-15;1-3-7-12-10(5-1)9-11-6-2-4-8-13(11)12;;;/h7-12H,1-6H3;1-9H;2*1H;/q2*-1;;;+4/p-2. The molecule has 0 unspecified atom stereocenters. The summed E-state index contributed by atoms with van der Waals surface area (Å²) in [6.45, 7) is 14.3. The van der Waals surface area contributed by atoms with Gasteiger partial charge in [-0.1, -0.05) is 91.9 Å². The van der Waals surface area contributed by atoms with E-state index < -0.39 is 0 Å². The molecule has 0 bridgehead atoms. The van der Waals surface area contributed by atoms with Crippen molar-refractivity contribution in [3.8, 4) is 0 Å². The van der Waals surface area contributed by atoms with Crippen LogP contribution in [0, 0.1) is 0 Å². The summed E-state index contributed by atoms with van der Waals surface area (Å²) in [5.41, 5.74) is 0. The van der Waals surface area contributed by atoms with Crippen LogP contribution in [0.2, 0.25) is 0 Å². The van der Waals surface area contributed by atoms with Gasteiger partial charge in [-0.05, 0) is 10.3 Å². The van der Waals surface area contributed by atoms with E-state index in [0.29, 0.717) is 10.3 Å². The second-order valence-corrected chi connectivity index (χ2v) is 14.2. The largest absolute Gasteiger partial charge is 4.00 e. The van der Waals surface area contributed by atoms with Gasteiger partial charge in [0.05, 0.1) is 0 Å². The number of halogens is 2. The Hall–Kier alpha value is -0.980. The maximum absolute atomic E-state index is 2.40. The van der Waals surface area contributed by atoms with E-state index in [1.165, 1.54) is 32.3 Å². The van der Waals surface area contributed by atoms with Crippen molar-refractivity contribution in [2.75, 3.05) is 0 Å². The molecule has 34 heavy (non-hydrogen) atoms. The predicted octanol–water partition coefficient (Wildman–Crippen LogP) is 2.98. The molecule has 0 heterocycles. The van der Waals surface area contributed by atoms with Gasteiger partial charge in [0.1, 0.15) is 0 Å². The Labute approximate surface area is 237 Å². The average molecular weight is 674 g/mol. The van der Waals surface area contributed by atoms with E-state index in [2.05, 4.69) is 133 Å². The van der Waals surface area contributed by atoms with Crippen molar-refractivity contribution in [1.29, 1.82) is 0 Å². The minimum Gasteiger partial charge on any atom is -1.00 e. The topological polar surface area (TPSA) is 0 Å². The molecule has 4 heteroatoms. The maximum atomic E-state index is 2.40. The van der Waals surface area contributed by atoms with E-state index in [-0.39, 0.29) is 58.6 Å². The molecule has 0 aromatic heterocycles. The Morgan fingerprint density at radius 1 is 0.559 bits per heavy atom. The summed E-state index contributed by atoms with van der Waals surface area (Å²) < 4.78 is 0. The van der Waals surface area contributed by atoms with E-state index >= 15 is 0 Å². The summed E-state index contributed by atoms with van der Waals surface area (Å²) in [5.74, 6) is 0. The molecule has 0 radical (unpaired) electrons. The summed E-state index contributed by atoms with van der Waals surface area (Å²) in [7, 11) is -0.185. The van der Waals surface area contributed by atoms with Crippen molar-refractivity contribution in [3.63, 3.8) is 0 Å². The van der Waals surface area contributed by atoms with Crippen LogP contribution in [-0.4, -0.2) is 10.3 Å². The third-order valence-corrected chi connectivity index (χ3v) is 9.18. The van der Waals surface area contributed by atoms with Crippen LogP contribution in [0.3, 0.4) is 0 Å². The fraction of sp³-hybridized carbons (Fsp3) is 0.267. The third-order valence-electron chi connectivity index (χ3n) is 5.73. The molecule has 0 aliphatic rings. The van der Waals surface area contributed by atoms with Gasteiger partial charge in [-0.3, -0.25) is 0 Å². The molecule has 0 saturated heterocycles. The molecule has 0 spiro atoms.